The molecule has 2 aliphatic rings. The summed E-state index contributed by atoms with van der Waals surface area (Å²) in [6, 6.07) is 10.2. The average molecular weight is 337 g/mol. The topological polar surface area (TPSA) is 49.8 Å². The maximum atomic E-state index is 6.02. The van der Waals surface area contributed by atoms with Crippen molar-refractivity contribution >= 4 is 26.3 Å². The highest BCUT2D eigenvalue weighted by atomic mass is 16.7. The van der Waals surface area contributed by atoms with E-state index < -0.39 is 11.2 Å². The molecule has 5 nitrogen and oxygen atoms in total. The van der Waals surface area contributed by atoms with Crippen LogP contribution in [0.15, 0.2) is 36.5 Å². The van der Waals surface area contributed by atoms with E-state index in [0.717, 1.165) is 16.5 Å². The Balaban J connectivity index is 1.95. The number of pyridine rings is 1. The van der Waals surface area contributed by atoms with Crippen LogP contribution in [-0.2, 0) is 18.6 Å². The molecule has 2 fully saturated rings. The van der Waals surface area contributed by atoms with Gasteiger partial charge in [0.1, 0.15) is 0 Å². The van der Waals surface area contributed by atoms with Crippen LogP contribution in [0, 0.1) is 0 Å². The van der Waals surface area contributed by atoms with Crippen molar-refractivity contribution < 1.29 is 18.6 Å². The van der Waals surface area contributed by atoms with Crippen molar-refractivity contribution in [3.8, 4) is 0 Å². The number of aromatic nitrogens is 1. The molecule has 3 heterocycles. The molecule has 1 aromatic heterocycles. The average Bonchev–Trinajstić information content (AvgIpc) is 3.11. The molecular formula is C18H21B2NO4. The predicted octanol–water partition coefficient (Wildman–Crippen LogP) is 2.77. The maximum Gasteiger partial charge on any atom is 0.488 e. The molecule has 0 saturated carbocycles. The summed E-state index contributed by atoms with van der Waals surface area (Å²) in [5.74, 6) is -0.152. The van der Waals surface area contributed by atoms with Gasteiger partial charge < -0.3 is 18.6 Å². The van der Waals surface area contributed by atoms with Crippen LogP contribution in [0.3, 0.4) is 0 Å². The van der Waals surface area contributed by atoms with E-state index in [9.17, 15) is 0 Å². The van der Waals surface area contributed by atoms with Crippen LogP contribution < -0.4 is 0 Å². The number of rotatable bonds is 3. The van der Waals surface area contributed by atoms with Crippen LogP contribution in [0.2, 0.25) is 0 Å². The number of benzene rings is 1. The van der Waals surface area contributed by atoms with Crippen LogP contribution in [0.25, 0.3) is 10.9 Å². The van der Waals surface area contributed by atoms with Gasteiger partial charge in [-0.15, -0.1) is 0 Å². The molecule has 128 valence electrons. The van der Waals surface area contributed by atoms with E-state index in [-0.39, 0.29) is 18.1 Å². The fraction of sp³-hybridized carbons (Fsp3) is 0.500. The summed E-state index contributed by atoms with van der Waals surface area (Å²) in [6.07, 6.45) is 1.55. The second kappa shape index (κ2) is 6.09. The van der Waals surface area contributed by atoms with E-state index in [1.54, 1.807) is 0 Å². The summed E-state index contributed by atoms with van der Waals surface area (Å²) in [6.45, 7) is 8.16. The third kappa shape index (κ3) is 2.53. The molecule has 4 unspecified atom stereocenters. The molecule has 0 bridgehead atoms. The van der Waals surface area contributed by atoms with E-state index in [1.807, 2.05) is 32.2 Å². The molecule has 1 aromatic carbocycles. The van der Waals surface area contributed by atoms with Gasteiger partial charge in [0.2, 0.25) is 0 Å². The molecule has 4 atom stereocenters. The second-order valence-electron chi connectivity index (χ2n) is 7.21. The molecule has 0 spiro atoms. The summed E-state index contributed by atoms with van der Waals surface area (Å²) in [7, 11) is 2.87. The summed E-state index contributed by atoms with van der Waals surface area (Å²) < 4.78 is 23.3. The Bertz CT molecular complexity index is 759. The third-order valence-electron chi connectivity index (χ3n) is 5.86. The van der Waals surface area contributed by atoms with Gasteiger partial charge in [-0.05, 0) is 39.3 Å². The van der Waals surface area contributed by atoms with Gasteiger partial charge in [0.15, 0.2) is 0 Å². The highest BCUT2D eigenvalue weighted by Crippen LogP contribution is 2.50. The maximum absolute atomic E-state index is 6.02. The first-order valence-electron chi connectivity index (χ1n) is 8.60. The standard InChI is InChI=1S/C18H21B2NO4/c1-11-17(3,24-19-22-11)16(18(4)12(2)23-20-25-18)14-9-5-7-13-8-6-10-21-15(13)14/h5-12,16H,1-4H3. The van der Waals surface area contributed by atoms with Crippen LogP contribution in [0.1, 0.15) is 39.2 Å². The van der Waals surface area contributed by atoms with E-state index in [4.69, 9.17) is 18.6 Å². The molecule has 2 radical (unpaired) electrons. The first kappa shape index (κ1) is 17.0. The van der Waals surface area contributed by atoms with E-state index >= 15 is 0 Å². The van der Waals surface area contributed by atoms with E-state index in [0.29, 0.717) is 0 Å². The fourth-order valence-corrected chi connectivity index (χ4v) is 4.04. The summed E-state index contributed by atoms with van der Waals surface area (Å²) in [5.41, 5.74) is 0.787. The zero-order chi connectivity index (χ0) is 17.7. The van der Waals surface area contributed by atoms with Gasteiger partial charge in [-0.1, -0.05) is 24.3 Å². The van der Waals surface area contributed by atoms with E-state index in [2.05, 4.69) is 37.0 Å². The van der Waals surface area contributed by atoms with Crippen LogP contribution in [-0.4, -0.2) is 43.8 Å². The van der Waals surface area contributed by atoms with E-state index in [1.165, 1.54) is 15.4 Å². The Morgan fingerprint density at radius 3 is 2.12 bits per heavy atom. The first-order valence-corrected chi connectivity index (χ1v) is 8.60. The first-order chi connectivity index (χ1) is 12.0. The Labute approximate surface area is 149 Å². The number of fused-ring (bicyclic) bond motifs is 1. The molecular weight excluding hydrogens is 316 g/mol. The smallest absolute Gasteiger partial charge is 0.408 e. The van der Waals surface area contributed by atoms with Crippen molar-refractivity contribution in [3.05, 3.63) is 42.1 Å². The van der Waals surface area contributed by atoms with Crippen molar-refractivity contribution in [1.82, 2.24) is 4.98 Å². The molecule has 2 saturated heterocycles. The highest BCUT2D eigenvalue weighted by Gasteiger charge is 2.58. The number of para-hydroxylation sites is 1. The molecule has 2 aliphatic heterocycles. The van der Waals surface area contributed by atoms with Crippen LogP contribution >= 0.6 is 0 Å². The van der Waals surface area contributed by atoms with Gasteiger partial charge in [0.05, 0.1) is 28.9 Å². The van der Waals surface area contributed by atoms with Crippen molar-refractivity contribution in [2.45, 2.75) is 57.0 Å². The molecule has 2 aromatic rings. The fourth-order valence-electron chi connectivity index (χ4n) is 4.04. The lowest BCUT2D eigenvalue weighted by molar-refractivity contribution is -0.0624. The number of hydrogen-bond acceptors (Lipinski definition) is 5. The number of nitrogens with zero attached hydrogens (tertiary/aromatic N) is 1. The summed E-state index contributed by atoms with van der Waals surface area (Å²) >= 11 is 0. The molecule has 0 amide bonds. The van der Waals surface area contributed by atoms with Gasteiger partial charge in [0.25, 0.3) is 0 Å². The van der Waals surface area contributed by atoms with Gasteiger partial charge in [-0.2, -0.15) is 0 Å². The largest absolute Gasteiger partial charge is 0.488 e. The normalized spacial score (nSPS) is 36.2. The van der Waals surface area contributed by atoms with Crippen LogP contribution in [0.4, 0.5) is 0 Å². The van der Waals surface area contributed by atoms with Gasteiger partial charge in [0, 0.05) is 17.5 Å². The minimum absolute atomic E-state index is 0.135. The zero-order valence-corrected chi connectivity index (χ0v) is 14.9. The molecule has 7 heteroatoms. The third-order valence-corrected chi connectivity index (χ3v) is 5.86. The zero-order valence-electron chi connectivity index (χ0n) is 14.9. The molecule has 25 heavy (non-hydrogen) atoms. The van der Waals surface area contributed by atoms with Gasteiger partial charge in [-0.25, -0.2) is 0 Å². The quantitative estimate of drug-likeness (QED) is 0.807. The molecule has 4 rings (SSSR count). The monoisotopic (exact) mass is 337 g/mol. The molecule has 0 aliphatic carbocycles. The van der Waals surface area contributed by atoms with Gasteiger partial charge >= 0.3 is 15.4 Å². The SMILES string of the molecule is CC1O[B]OC1(C)C(c1cccc2cccnc12)C1(C)O[B]OC1C. The van der Waals surface area contributed by atoms with Gasteiger partial charge in [-0.3, -0.25) is 4.98 Å². The Morgan fingerprint density at radius 1 is 0.960 bits per heavy atom. The lowest BCUT2D eigenvalue weighted by atomic mass is 9.68. The number of hydrogen-bond donors (Lipinski definition) is 0. The van der Waals surface area contributed by atoms with Crippen LogP contribution in [0.5, 0.6) is 0 Å². The summed E-state index contributed by atoms with van der Waals surface area (Å²) in [4.78, 5) is 4.64. The van der Waals surface area contributed by atoms with Crippen molar-refractivity contribution in [3.63, 3.8) is 0 Å². The van der Waals surface area contributed by atoms with Crippen molar-refractivity contribution in [2.24, 2.45) is 0 Å². The molecule has 0 N–H and O–H groups in total. The minimum Gasteiger partial charge on any atom is -0.408 e. The van der Waals surface area contributed by atoms with Crippen molar-refractivity contribution in [2.75, 3.05) is 0 Å². The second-order valence-corrected chi connectivity index (χ2v) is 7.21. The Hall–Kier alpha value is -1.40. The predicted molar refractivity (Wildman–Crippen MR) is 96.1 cm³/mol. The minimum atomic E-state index is -0.615. The summed E-state index contributed by atoms with van der Waals surface area (Å²) in [5, 5.41) is 1.09. The highest BCUT2D eigenvalue weighted by molar-refractivity contribution is 6.20. The lowest BCUT2D eigenvalue weighted by Gasteiger charge is -2.47. The Morgan fingerprint density at radius 2 is 1.56 bits per heavy atom. The lowest BCUT2D eigenvalue weighted by Crippen LogP contribution is -2.55. The Kier molecular flexibility index (Phi) is 4.15. The van der Waals surface area contributed by atoms with Crippen molar-refractivity contribution in [1.29, 1.82) is 0 Å².